The molecule has 396 valence electrons. The van der Waals surface area contributed by atoms with E-state index in [9.17, 15) is 28.8 Å². The predicted molar refractivity (Wildman–Crippen MR) is 269 cm³/mol. The highest BCUT2D eigenvalue weighted by Gasteiger charge is 2.47. The Morgan fingerprint density at radius 2 is 0.986 bits per heavy atom. The first kappa shape index (κ1) is 61.2. The first-order valence-corrected chi connectivity index (χ1v) is 24.7. The number of carbonyl (C=O) groups is 6. The van der Waals surface area contributed by atoms with Crippen molar-refractivity contribution in [3.63, 3.8) is 0 Å². The van der Waals surface area contributed by atoms with E-state index in [-0.39, 0.29) is 59.4 Å². The normalized spacial score (nSPS) is 19.7. The SMILES string of the molecule is CC(C)(C)OC(=O)N1CCC(C#N)CC1.CC(C)(C)OC(=O)N1CCC2(CC1)CC(=O)NC2=N.[C-]#[N+]C1(CC(C)=O)CCN(C(=O)OC(C)(C)C)CC1.[C-]#[N+]C1(CC=C)CCN(C(=O)OC(C)(C)C)CC1. The Hall–Kier alpha value is -5.90. The molecule has 5 rings (SSSR count). The largest absolute Gasteiger partial charge is 0.444 e. The summed E-state index contributed by atoms with van der Waals surface area (Å²) in [6.07, 6.45) is 7.21. The quantitative estimate of drug-likeness (QED) is 0.153. The van der Waals surface area contributed by atoms with E-state index in [1.54, 1.807) is 25.7 Å². The van der Waals surface area contributed by atoms with E-state index < -0.39 is 27.9 Å². The van der Waals surface area contributed by atoms with Crippen LogP contribution in [0.3, 0.4) is 0 Å². The molecule has 71 heavy (non-hydrogen) atoms. The van der Waals surface area contributed by atoms with Gasteiger partial charge < -0.3 is 53.6 Å². The van der Waals surface area contributed by atoms with Crippen molar-refractivity contribution in [1.82, 2.24) is 24.9 Å². The van der Waals surface area contributed by atoms with E-state index >= 15 is 0 Å². The van der Waals surface area contributed by atoms with E-state index in [2.05, 4.69) is 27.7 Å². The third-order valence-corrected chi connectivity index (χ3v) is 12.3. The monoisotopic (exact) mass is 994 g/mol. The molecule has 0 aromatic carbocycles. The second kappa shape index (κ2) is 25.5. The van der Waals surface area contributed by atoms with Crippen molar-refractivity contribution in [3.05, 3.63) is 35.5 Å². The van der Waals surface area contributed by atoms with Crippen LogP contribution in [0.4, 0.5) is 19.2 Å². The van der Waals surface area contributed by atoms with Crippen LogP contribution < -0.4 is 5.32 Å². The molecule has 0 unspecified atom stereocenters. The summed E-state index contributed by atoms with van der Waals surface area (Å²) in [4.78, 5) is 84.0. The van der Waals surface area contributed by atoms with Gasteiger partial charge in [-0.05, 0) is 116 Å². The van der Waals surface area contributed by atoms with Gasteiger partial charge in [0.2, 0.25) is 17.0 Å². The van der Waals surface area contributed by atoms with Gasteiger partial charge in [-0.2, -0.15) is 5.26 Å². The molecule has 5 heterocycles. The lowest BCUT2D eigenvalue weighted by Gasteiger charge is -2.38. The van der Waals surface area contributed by atoms with Gasteiger partial charge >= 0.3 is 24.4 Å². The Morgan fingerprint density at radius 1 is 0.662 bits per heavy atom. The maximum absolute atomic E-state index is 11.9. The maximum Gasteiger partial charge on any atom is 0.410 e. The number of hydrogen-bond acceptors (Lipinski definition) is 12. The molecule has 5 aliphatic rings. The Morgan fingerprint density at radius 3 is 1.25 bits per heavy atom. The number of ether oxygens (including phenoxy) is 4. The molecule has 1 spiro atoms. The van der Waals surface area contributed by atoms with Gasteiger partial charge in [0.05, 0.1) is 12.5 Å². The third-order valence-electron chi connectivity index (χ3n) is 12.3. The molecule has 0 saturated carbocycles. The van der Waals surface area contributed by atoms with Crippen molar-refractivity contribution in [3.8, 4) is 6.07 Å². The second-order valence-corrected chi connectivity index (χ2v) is 23.2. The Bertz CT molecular complexity index is 2010. The van der Waals surface area contributed by atoms with Crippen LogP contribution in [-0.2, 0) is 28.5 Å². The summed E-state index contributed by atoms with van der Waals surface area (Å²) in [5.74, 6) is 0.350. The summed E-state index contributed by atoms with van der Waals surface area (Å²) in [5.41, 5.74) is -3.27. The summed E-state index contributed by atoms with van der Waals surface area (Å²) < 4.78 is 21.2. The minimum absolute atomic E-state index is 0.0294. The van der Waals surface area contributed by atoms with Gasteiger partial charge in [-0.25, -0.2) is 32.3 Å². The topological polar surface area (TPSA) is 221 Å². The van der Waals surface area contributed by atoms with Crippen molar-refractivity contribution < 1.29 is 47.7 Å². The molecular weight excluding hydrogens is 911 g/mol. The highest BCUT2D eigenvalue weighted by molar-refractivity contribution is 6.07. The lowest BCUT2D eigenvalue weighted by atomic mass is 9.77. The summed E-state index contributed by atoms with van der Waals surface area (Å²) in [7, 11) is 0. The summed E-state index contributed by atoms with van der Waals surface area (Å²) in [6.45, 7) is 46.4. The Kier molecular flexibility index (Phi) is 22.0. The molecular formula is C52H83N9O10. The van der Waals surface area contributed by atoms with Crippen LogP contribution in [0, 0.1) is 41.2 Å². The van der Waals surface area contributed by atoms with E-state index in [1.165, 1.54) is 6.92 Å². The van der Waals surface area contributed by atoms with Crippen molar-refractivity contribution in [1.29, 1.82) is 10.7 Å². The summed E-state index contributed by atoms with van der Waals surface area (Å²) in [6, 6.07) is 2.23. The molecule has 0 bridgehead atoms. The van der Waals surface area contributed by atoms with Crippen LogP contribution in [0.2, 0.25) is 0 Å². The first-order valence-electron chi connectivity index (χ1n) is 24.7. The smallest absolute Gasteiger partial charge is 0.410 e. The number of nitriles is 1. The molecule has 5 fully saturated rings. The molecule has 0 aromatic rings. The zero-order valence-electron chi connectivity index (χ0n) is 45.0. The number of rotatable bonds is 4. The minimum Gasteiger partial charge on any atom is -0.444 e. The number of piperidine rings is 4. The first-order chi connectivity index (χ1) is 32.6. The number of Topliss-reactive ketones (excluding diaryl/α,β-unsaturated/α-hetero) is 1. The molecule has 5 saturated heterocycles. The zero-order valence-corrected chi connectivity index (χ0v) is 45.0. The van der Waals surface area contributed by atoms with Gasteiger partial charge in [0, 0.05) is 102 Å². The fourth-order valence-electron chi connectivity index (χ4n) is 8.39. The molecule has 0 aromatic heterocycles. The van der Waals surface area contributed by atoms with Crippen LogP contribution in [-0.4, -0.2) is 147 Å². The molecule has 5 aliphatic heterocycles. The average Bonchev–Trinajstić information content (AvgIpc) is 3.53. The van der Waals surface area contributed by atoms with E-state index in [1.807, 2.05) is 83.1 Å². The average molecular weight is 994 g/mol. The van der Waals surface area contributed by atoms with Gasteiger partial charge in [0.1, 0.15) is 34.0 Å². The van der Waals surface area contributed by atoms with Crippen molar-refractivity contribution >= 4 is 41.9 Å². The molecule has 19 heteroatoms. The molecule has 0 radical (unpaired) electrons. The zero-order chi connectivity index (χ0) is 54.2. The lowest BCUT2D eigenvalue weighted by Crippen LogP contribution is -2.47. The number of carbonyl (C=O) groups excluding carboxylic acids is 6. The Labute approximate surface area is 423 Å². The van der Waals surface area contributed by atoms with Gasteiger partial charge in [0.15, 0.2) is 0 Å². The Balaban J connectivity index is 0.000000326. The minimum atomic E-state index is -0.621. The fourth-order valence-corrected chi connectivity index (χ4v) is 8.39. The van der Waals surface area contributed by atoms with E-state index in [0.29, 0.717) is 110 Å². The lowest BCUT2D eigenvalue weighted by molar-refractivity contribution is -0.120. The number of amidine groups is 1. The summed E-state index contributed by atoms with van der Waals surface area (Å²) in [5, 5.41) is 19.2. The maximum atomic E-state index is 11.9. The van der Waals surface area contributed by atoms with Crippen LogP contribution in [0.1, 0.15) is 161 Å². The van der Waals surface area contributed by atoms with E-state index in [4.69, 9.17) is 42.8 Å². The standard InChI is InChI=1S/C14H22N2O3.C14H22N2O2.C13H21N3O3.C11H18N2O2/c1-11(17)10-14(15-5)6-8-16(9-7-14)12(18)19-13(2,3)4;1-6-7-14(15-5)8-10-16(11-9-14)12(17)18-13(2,3)4;1-12(2,3)19-11(18)16-6-4-13(5-7-16)8-9(17)15-10(13)14;1-11(2,3)15-10(14)13-6-4-9(8-12)5-7-13/h6-10H2,1-4H3;6H,1,7-11H2,2-4H3;4-8H2,1-3H3,(H2,14,15,17);9H,4-7H2,1-3H3. The molecule has 2 N–H and O–H groups in total. The third kappa shape index (κ3) is 21.2. The highest BCUT2D eigenvalue weighted by atomic mass is 16.6. The molecule has 19 nitrogen and oxygen atoms in total. The van der Waals surface area contributed by atoms with Crippen LogP contribution in [0.5, 0.6) is 0 Å². The number of hydrogen-bond donors (Lipinski definition) is 2. The van der Waals surface area contributed by atoms with Crippen LogP contribution in [0.15, 0.2) is 12.7 Å². The number of nitrogens with zero attached hydrogens (tertiary/aromatic N) is 7. The molecule has 0 aliphatic carbocycles. The van der Waals surface area contributed by atoms with Crippen LogP contribution >= 0.6 is 0 Å². The van der Waals surface area contributed by atoms with Crippen molar-refractivity contribution in [2.75, 3.05) is 52.4 Å². The van der Waals surface area contributed by atoms with Gasteiger partial charge in [-0.15, -0.1) is 6.58 Å². The fraction of sp³-hybridized carbons (Fsp3) is 0.769. The summed E-state index contributed by atoms with van der Waals surface area (Å²) >= 11 is 0. The number of ketones is 1. The number of likely N-dealkylation sites (tertiary alicyclic amines) is 4. The number of amides is 5. The predicted octanol–water partition coefficient (Wildman–Crippen LogP) is 9.56. The van der Waals surface area contributed by atoms with Gasteiger partial charge in [-0.3, -0.25) is 15.0 Å². The molecule has 5 amide bonds. The van der Waals surface area contributed by atoms with Gasteiger partial charge in [0.25, 0.3) is 0 Å². The van der Waals surface area contributed by atoms with Crippen molar-refractivity contribution in [2.24, 2.45) is 11.3 Å². The van der Waals surface area contributed by atoms with Crippen LogP contribution in [0.25, 0.3) is 9.69 Å². The van der Waals surface area contributed by atoms with Crippen molar-refractivity contribution in [2.45, 2.75) is 194 Å². The molecule has 0 atom stereocenters. The van der Waals surface area contributed by atoms with E-state index in [0.717, 1.165) is 12.8 Å². The number of nitrogens with one attached hydrogen (secondary N) is 2. The highest BCUT2D eigenvalue weighted by Crippen LogP contribution is 2.39. The van der Waals surface area contributed by atoms with Gasteiger partial charge in [-0.1, -0.05) is 6.08 Å². The second-order valence-electron chi connectivity index (χ2n) is 23.2.